The maximum Gasteiger partial charge on any atom is 0.288 e. The lowest BCUT2D eigenvalue weighted by atomic mass is 10.1. The van der Waals surface area contributed by atoms with Crippen LogP contribution in [0.2, 0.25) is 5.02 Å². The highest BCUT2D eigenvalue weighted by Gasteiger charge is 2.27. The summed E-state index contributed by atoms with van der Waals surface area (Å²) in [5.41, 5.74) is -0.0285. The molecule has 0 bridgehead atoms. The number of nitrogens with one attached hydrogen (secondary N) is 2. The molecule has 1 heterocycles. The number of quaternary nitrogens is 1. The number of hydrogen-bond acceptors (Lipinski definition) is 4. The van der Waals surface area contributed by atoms with Crippen molar-refractivity contribution in [2.24, 2.45) is 0 Å². The van der Waals surface area contributed by atoms with Gasteiger partial charge < -0.3 is 15.1 Å². The highest BCUT2D eigenvalue weighted by Crippen LogP contribution is 2.25. The lowest BCUT2D eigenvalue weighted by molar-refractivity contribution is -0.896. The van der Waals surface area contributed by atoms with Crippen LogP contribution in [0.3, 0.4) is 0 Å². The fourth-order valence-electron chi connectivity index (χ4n) is 2.77. The predicted molar refractivity (Wildman–Crippen MR) is 92.9 cm³/mol. The van der Waals surface area contributed by atoms with Gasteiger partial charge in [-0.15, -0.1) is 0 Å². The van der Waals surface area contributed by atoms with Gasteiger partial charge >= 0.3 is 0 Å². The number of piperazine rings is 1. The zero-order valence-corrected chi connectivity index (χ0v) is 15.0. The summed E-state index contributed by atoms with van der Waals surface area (Å²) in [6.45, 7) is 6.52. The molecule has 0 aromatic heterocycles. The van der Waals surface area contributed by atoms with E-state index >= 15 is 0 Å². The first-order valence-corrected chi connectivity index (χ1v) is 8.52. The van der Waals surface area contributed by atoms with Crippen molar-refractivity contribution >= 4 is 29.1 Å². The second kappa shape index (κ2) is 8.26. The standard InChI is InChI=1S/C16H21ClN4O4/c1-11(2)18-15(22)10-19-5-7-20(8-6-19)16(23)12-3-4-13(17)14(9-12)21(24)25/h3-4,9,11H,5-8,10H2,1-2H3,(H,18,22)/p+1. The number of amides is 2. The Labute approximate surface area is 150 Å². The Morgan fingerprint density at radius 1 is 1.36 bits per heavy atom. The van der Waals surface area contributed by atoms with Crippen LogP contribution in [-0.4, -0.2) is 60.4 Å². The van der Waals surface area contributed by atoms with Gasteiger partial charge in [0.05, 0.1) is 31.1 Å². The number of carbonyl (C=O) groups is 2. The summed E-state index contributed by atoms with van der Waals surface area (Å²) in [5, 5.41) is 13.8. The molecule has 1 aliphatic rings. The molecule has 0 radical (unpaired) electrons. The average molecular weight is 370 g/mol. The Bertz CT molecular complexity index is 672. The Hall–Kier alpha value is -2.19. The van der Waals surface area contributed by atoms with E-state index in [0.717, 1.165) is 4.90 Å². The van der Waals surface area contributed by atoms with Crippen LogP contribution in [0.1, 0.15) is 24.2 Å². The van der Waals surface area contributed by atoms with E-state index in [4.69, 9.17) is 11.6 Å². The predicted octanol–water partition coefficient (Wildman–Crippen LogP) is 0.114. The van der Waals surface area contributed by atoms with E-state index in [9.17, 15) is 19.7 Å². The van der Waals surface area contributed by atoms with Crippen molar-refractivity contribution in [3.8, 4) is 0 Å². The lowest BCUT2D eigenvalue weighted by Crippen LogP contribution is -3.15. The first-order chi connectivity index (χ1) is 11.8. The molecule has 136 valence electrons. The molecule has 0 saturated carbocycles. The van der Waals surface area contributed by atoms with Crippen LogP contribution >= 0.6 is 11.6 Å². The summed E-state index contributed by atoms with van der Waals surface area (Å²) in [7, 11) is 0. The first kappa shape index (κ1) is 19.1. The summed E-state index contributed by atoms with van der Waals surface area (Å²) in [4.78, 5) is 37.4. The summed E-state index contributed by atoms with van der Waals surface area (Å²) >= 11 is 5.78. The summed E-state index contributed by atoms with van der Waals surface area (Å²) in [5.74, 6) is -0.261. The van der Waals surface area contributed by atoms with Crippen LogP contribution in [0.4, 0.5) is 5.69 Å². The summed E-state index contributed by atoms with van der Waals surface area (Å²) in [6, 6.07) is 4.17. The van der Waals surface area contributed by atoms with Crippen LogP contribution in [0.15, 0.2) is 18.2 Å². The normalized spacial score (nSPS) is 15.3. The minimum absolute atomic E-state index is 0.00176. The zero-order chi connectivity index (χ0) is 18.6. The minimum Gasteiger partial charge on any atom is -0.349 e. The number of nitro groups is 1. The van der Waals surface area contributed by atoms with Crippen molar-refractivity contribution in [1.82, 2.24) is 10.2 Å². The lowest BCUT2D eigenvalue weighted by Gasteiger charge is -2.32. The number of benzene rings is 1. The molecule has 2 rings (SSSR count). The van der Waals surface area contributed by atoms with E-state index in [2.05, 4.69) is 5.32 Å². The highest BCUT2D eigenvalue weighted by molar-refractivity contribution is 6.32. The third-order valence-corrected chi connectivity index (χ3v) is 4.33. The van der Waals surface area contributed by atoms with Gasteiger partial charge in [-0.1, -0.05) is 11.6 Å². The molecule has 2 N–H and O–H groups in total. The van der Waals surface area contributed by atoms with Gasteiger partial charge in [0.25, 0.3) is 17.5 Å². The van der Waals surface area contributed by atoms with Crippen LogP contribution in [0, 0.1) is 10.1 Å². The molecule has 0 unspecified atom stereocenters. The van der Waals surface area contributed by atoms with Gasteiger partial charge in [0.2, 0.25) is 0 Å². The Morgan fingerprint density at radius 3 is 2.56 bits per heavy atom. The maximum atomic E-state index is 12.5. The minimum atomic E-state index is -0.603. The molecule has 1 saturated heterocycles. The second-order valence-corrected chi connectivity index (χ2v) is 6.77. The molecule has 1 aromatic carbocycles. The van der Waals surface area contributed by atoms with E-state index in [-0.39, 0.29) is 34.1 Å². The van der Waals surface area contributed by atoms with Gasteiger partial charge in [0.1, 0.15) is 5.02 Å². The number of nitrogens with zero attached hydrogens (tertiary/aromatic N) is 2. The van der Waals surface area contributed by atoms with Crippen molar-refractivity contribution in [1.29, 1.82) is 0 Å². The molecule has 1 fully saturated rings. The topological polar surface area (TPSA) is 97.0 Å². The van der Waals surface area contributed by atoms with Crippen LogP contribution in [0.25, 0.3) is 0 Å². The fourth-order valence-corrected chi connectivity index (χ4v) is 2.96. The third kappa shape index (κ3) is 5.14. The summed E-state index contributed by atoms with van der Waals surface area (Å²) < 4.78 is 0. The number of nitro benzene ring substituents is 1. The average Bonchev–Trinajstić information content (AvgIpc) is 2.54. The zero-order valence-electron chi connectivity index (χ0n) is 14.3. The smallest absolute Gasteiger partial charge is 0.288 e. The van der Waals surface area contributed by atoms with E-state index in [0.29, 0.717) is 32.7 Å². The molecule has 0 spiro atoms. The molecule has 0 aliphatic carbocycles. The molecule has 8 nitrogen and oxygen atoms in total. The molecule has 2 amide bonds. The molecule has 1 aliphatic heterocycles. The van der Waals surface area contributed by atoms with E-state index < -0.39 is 4.92 Å². The molecule has 25 heavy (non-hydrogen) atoms. The number of halogens is 1. The molecular weight excluding hydrogens is 348 g/mol. The molecular formula is C16H22ClN4O4+. The van der Waals surface area contributed by atoms with Gasteiger partial charge in [-0.2, -0.15) is 0 Å². The van der Waals surface area contributed by atoms with Gasteiger partial charge in [-0.05, 0) is 26.0 Å². The maximum absolute atomic E-state index is 12.5. The third-order valence-electron chi connectivity index (χ3n) is 4.01. The van der Waals surface area contributed by atoms with Gasteiger partial charge in [-0.3, -0.25) is 19.7 Å². The SMILES string of the molecule is CC(C)NC(=O)C[NH+]1CCN(C(=O)c2ccc(Cl)c([N+](=O)[O-])c2)CC1. The van der Waals surface area contributed by atoms with E-state index in [1.54, 1.807) is 4.90 Å². The number of rotatable bonds is 5. The highest BCUT2D eigenvalue weighted by atomic mass is 35.5. The largest absolute Gasteiger partial charge is 0.349 e. The van der Waals surface area contributed by atoms with Gasteiger partial charge in [0.15, 0.2) is 6.54 Å². The van der Waals surface area contributed by atoms with Gasteiger partial charge in [-0.25, -0.2) is 0 Å². The number of carbonyl (C=O) groups excluding carboxylic acids is 2. The van der Waals surface area contributed by atoms with Crippen LogP contribution < -0.4 is 10.2 Å². The van der Waals surface area contributed by atoms with Crippen molar-refractivity contribution in [3.05, 3.63) is 38.9 Å². The second-order valence-electron chi connectivity index (χ2n) is 6.36. The van der Waals surface area contributed by atoms with Crippen molar-refractivity contribution in [2.45, 2.75) is 19.9 Å². The molecule has 1 aromatic rings. The van der Waals surface area contributed by atoms with Crippen molar-refractivity contribution < 1.29 is 19.4 Å². The number of hydrogen-bond donors (Lipinski definition) is 2. The molecule has 0 atom stereocenters. The van der Waals surface area contributed by atoms with Crippen LogP contribution in [0.5, 0.6) is 0 Å². The van der Waals surface area contributed by atoms with Crippen molar-refractivity contribution in [3.63, 3.8) is 0 Å². The Morgan fingerprint density at radius 2 is 2.00 bits per heavy atom. The monoisotopic (exact) mass is 369 g/mol. The molecule has 9 heteroatoms. The van der Waals surface area contributed by atoms with E-state index in [1.807, 2.05) is 13.8 Å². The quantitative estimate of drug-likeness (QED) is 0.569. The Balaban J connectivity index is 1.94. The van der Waals surface area contributed by atoms with Gasteiger partial charge in [0, 0.05) is 17.7 Å². The van der Waals surface area contributed by atoms with E-state index in [1.165, 1.54) is 18.2 Å². The van der Waals surface area contributed by atoms with Crippen LogP contribution in [-0.2, 0) is 4.79 Å². The van der Waals surface area contributed by atoms with Crippen molar-refractivity contribution in [2.75, 3.05) is 32.7 Å². The Kier molecular flexibility index (Phi) is 6.33. The summed E-state index contributed by atoms with van der Waals surface area (Å²) in [6.07, 6.45) is 0. The first-order valence-electron chi connectivity index (χ1n) is 8.14. The fraction of sp³-hybridized carbons (Fsp3) is 0.500.